The first kappa shape index (κ1) is 15.2. The maximum absolute atomic E-state index is 12.3. The van der Waals surface area contributed by atoms with E-state index in [4.69, 9.17) is 0 Å². The average molecular weight is 305 g/mol. The van der Waals surface area contributed by atoms with Crippen LogP contribution in [-0.4, -0.2) is 54.2 Å². The van der Waals surface area contributed by atoms with Crippen LogP contribution < -0.4 is 10.6 Å². The maximum atomic E-state index is 12.3. The number of carbonyl (C=O) groups is 3. The number of nitrogens with zero attached hydrogens (tertiary/aromatic N) is 1. The van der Waals surface area contributed by atoms with E-state index in [0.717, 1.165) is 19.3 Å². The second-order valence-electron chi connectivity index (χ2n) is 6.87. The largest absolute Gasteiger partial charge is 0.347 e. The third-order valence-corrected chi connectivity index (χ3v) is 4.92. The van der Waals surface area contributed by atoms with Crippen molar-refractivity contribution in [2.45, 2.75) is 44.2 Å². The molecule has 1 aliphatic carbocycles. The maximum Gasteiger partial charge on any atom is 0.292 e. The summed E-state index contributed by atoms with van der Waals surface area (Å²) in [6.07, 6.45) is 5.31. The van der Waals surface area contributed by atoms with E-state index in [2.05, 4.69) is 10.6 Å². The topological polar surface area (TPSA) is 78.5 Å². The Morgan fingerprint density at radius 1 is 1.36 bits per heavy atom. The number of amides is 2. The highest BCUT2D eigenvalue weighted by atomic mass is 16.2. The lowest BCUT2D eigenvalue weighted by Crippen LogP contribution is -2.54. The number of hydrogen-bond acceptors (Lipinski definition) is 4. The highest BCUT2D eigenvalue weighted by molar-refractivity contribution is 6.38. The number of ketones is 1. The standard InChI is InChI=1S/C16H23N3O3/c1-10-8-19(9-10)15(22)13(20)12(17-2)7-11-3-4-16(5-6-16)18-14(11)21/h7,10,12,17H,3-6,8-9H2,1-2H3,(H,18,21)/b11-7+/t12-/m0/s1. The Labute approximate surface area is 130 Å². The molecule has 0 aromatic rings. The summed E-state index contributed by atoms with van der Waals surface area (Å²) in [5.74, 6) is -0.575. The first-order valence-corrected chi connectivity index (χ1v) is 7.98. The predicted octanol–water partition coefficient (Wildman–Crippen LogP) is -0.00920. The average Bonchev–Trinajstić information content (AvgIpc) is 3.21. The SMILES string of the molecule is CN[C@@H](/C=C1\CCC2(CC2)NC1=O)C(=O)C(=O)N1CC(C)C1. The van der Waals surface area contributed by atoms with Gasteiger partial charge in [0, 0.05) is 24.2 Å². The summed E-state index contributed by atoms with van der Waals surface area (Å²) in [7, 11) is 1.63. The molecule has 1 saturated carbocycles. The fourth-order valence-electron chi connectivity index (χ4n) is 3.20. The molecule has 22 heavy (non-hydrogen) atoms. The van der Waals surface area contributed by atoms with Crippen molar-refractivity contribution in [3.05, 3.63) is 11.6 Å². The number of carbonyl (C=O) groups excluding carboxylic acids is 3. The van der Waals surface area contributed by atoms with Crippen LogP contribution in [0.25, 0.3) is 0 Å². The van der Waals surface area contributed by atoms with Gasteiger partial charge < -0.3 is 15.5 Å². The third-order valence-electron chi connectivity index (χ3n) is 4.92. The summed E-state index contributed by atoms with van der Waals surface area (Å²) in [4.78, 5) is 38.1. The van der Waals surface area contributed by atoms with E-state index >= 15 is 0 Å². The number of likely N-dealkylation sites (tertiary alicyclic amines) is 1. The van der Waals surface area contributed by atoms with Gasteiger partial charge in [0.2, 0.25) is 11.7 Å². The lowest BCUT2D eigenvalue weighted by atomic mass is 9.94. The summed E-state index contributed by atoms with van der Waals surface area (Å²) in [6, 6.07) is -0.725. The second-order valence-corrected chi connectivity index (χ2v) is 6.87. The van der Waals surface area contributed by atoms with Gasteiger partial charge in [-0.2, -0.15) is 0 Å². The minimum Gasteiger partial charge on any atom is -0.347 e. The molecule has 2 N–H and O–H groups in total. The van der Waals surface area contributed by atoms with Crippen molar-refractivity contribution in [3.8, 4) is 0 Å². The van der Waals surface area contributed by atoms with E-state index in [1.165, 1.54) is 0 Å². The molecule has 2 aliphatic heterocycles. The Bertz CT molecular complexity index is 545. The van der Waals surface area contributed by atoms with Crippen LogP contribution in [0.1, 0.15) is 32.6 Å². The van der Waals surface area contributed by atoms with Gasteiger partial charge in [-0.1, -0.05) is 13.0 Å². The molecule has 6 heteroatoms. The van der Waals surface area contributed by atoms with Crippen LogP contribution in [0.3, 0.4) is 0 Å². The zero-order valence-electron chi connectivity index (χ0n) is 13.1. The molecule has 0 aromatic heterocycles. The number of hydrogen-bond donors (Lipinski definition) is 2. The van der Waals surface area contributed by atoms with E-state index in [-0.39, 0.29) is 11.4 Å². The van der Waals surface area contributed by atoms with Crippen molar-refractivity contribution < 1.29 is 14.4 Å². The minimum atomic E-state index is -0.725. The Hall–Kier alpha value is -1.69. The molecule has 3 aliphatic rings. The van der Waals surface area contributed by atoms with E-state index in [9.17, 15) is 14.4 Å². The van der Waals surface area contributed by atoms with Crippen molar-refractivity contribution in [3.63, 3.8) is 0 Å². The van der Waals surface area contributed by atoms with Crippen molar-refractivity contribution in [1.82, 2.24) is 15.5 Å². The normalized spacial score (nSPS) is 26.5. The third kappa shape index (κ3) is 2.79. The van der Waals surface area contributed by atoms with Crippen molar-refractivity contribution in [2.75, 3.05) is 20.1 Å². The Morgan fingerprint density at radius 2 is 2.05 bits per heavy atom. The van der Waals surface area contributed by atoms with Gasteiger partial charge in [0.1, 0.15) is 0 Å². The molecule has 120 valence electrons. The Morgan fingerprint density at radius 3 is 2.55 bits per heavy atom. The van der Waals surface area contributed by atoms with Gasteiger partial charge >= 0.3 is 0 Å². The molecule has 3 fully saturated rings. The summed E-state index contributed by atoms with van der Waals surface area (Å²) in [6.45, 7) is 3.33. The van der Waals surface area contributed by atoms with Gasteiger partial charge in [-0.3, -0.25) is 14.4 Å². The highest BCUT2D eigenvalue weighted by Crippen LogP contribution is 2.43. The zero-order valence-corrected chi connectivity index (χ0v) is 13.1. The molecule has 0 bridgehead atoms. The number of rotatable bonds is 4. The summed E-state index contributed by atoms with van der Waals surface area (Å²) in [5.41, 5.74) is 0.631. The van der Waals surface area contributed by atoms with Crippen molar-refractivity contribution in [1.29, 1.82) is 0 Å². The van der Waals surface area contributed by atoms with E-state index in [1.54, 1.807) is 18.0 Å². The van der Waals surface area contributed by atoms with Gasteiger partial charge in [-0.25, -0.2) is 0 Å². The molecule has 1 spiro atoms. The summed E-state index contributed by atoms with van der Waals surface area (Å²) >= 11 is 0. The minimum absolute atomic E-state index is 0.0250. The van der Waals surface area contributed by atoms with Crippen LogP contribution in [0.4, 0.5) is 0 Å². The van der Waals surface area contributed by atoms with Gasteiger partial charge in [0.15, 0.2) is 0 Å². The smallest absolute Gasteiger partial charge is 0.292 e. The Kier molecular flexibility index (Phi) is 3.80. The van der Waals surface area contributed by atoms with Gasteiger partial charge in [-0.15, -0.1) is 0 Å². The summed E-state index contributed by atoms with van der Waals surface area (Å²) in [5, 5.41) is 5.87. The fraction of sp³-hybridized carbons (Fsp3) is 0.688. The summed E-state index contributed by atoms with van der Waals surface area (Å²) < 4.78 is 0. The molecular formula is C16H23N3O3. The number of nitrogens with one attached hydrogen (secondary N) is 2. The van der Waals surface area contributed by atoms with Crippen LogP contribution in [0.2, 0.25) is 0 Å². The lowest BCUT2D eigenvalue weighted by molar-refractivity contribution is -0.149. The van der Waals surface area contributed by atoms with Gasteiger partial charge in [0.25, 0.3) is 5.91 Å². The van der Waals surface area contributed by atoms with Crippen LogP contribution in [0.5, 0.6) is 0 Å². The van der Waals surface area contributed by atoms with E-state index in [1.807, 2.05) is 6.92 Å². The second kappa shape index (κ2) is 5.50. The molecule has 1 atom stereocenters. The molecule has 2 amide bonds. The molecular weight excluding hydrogens is 282 g/mol. The molecule has 0 radical (unpaired) electrons. The van der Waals surface area contributed by atoms with Crippen LogP contribution in [-0.2, 0) is 14.4 Å². The number of piperidine rings is 1. The first-order chi connectivity index (χ1) is 10.4. The number of Topliss-reactive ketones (excluding diaryl/α,β-unsaturated/α-hetero) is 1. The molecule has 0 unspecified atom stereocenters. The van der Waals surface area contributed by atoms with Gasteiger partial charge in [0.05, 0.1) is 6.04 Å². The molecule has 6 nitrogen and oxygen atoms in total. The predicted molar refractivity (Wildman–Crippen MR) is 81.0 cm³/mol. The van der Waals surface area contributed by atoms with Crippen molar-refractivity contribution >= 4 is 17.6 Å². The van der Waals surface area contributed by atoms with E-state index < -0.39 is 17.7 Å². The van der Waals surface area contributed by atoms with Gasteiger partial charge in [-0.05, 0) is 38.6 Å². The molecule has 2 saturated heterocycles. The van der Waals surface area contributed by atoms with Crippen molar-refractivity contribution in [2.24, 2.45) is 5.92 Å². The molecule has 0 aromatic carbocycles. The fourth-order valence-corrected chi connectivity index (χ4v) is 3.20. The van der Waals surface area contributed by atoms with Crippen LogP contribution in [0, 0.1) is 5.92 Å². The number of likely N-dealkylation sites (N-methyl/N-ethyl adjacent to an activating group) is 1. The zero-order chi connectivity index (χ0) is 15.9. The lowest BCUT2D eigenvalue weighted by Gasteiger charge is -2.37. The van der Waals surface area contributed by atoms with Crippen LogP contribution >= 0.6 is 0 Å². The monoisotopic (exact) mass is 305 g/mol. The molecule has 2 heterocycles. The quantitative estimate of drug-likeness (QED) is 0.566. The van der Waals surface area contributed by atoms with Crippen LogP contribution in [0.15, 0.2) is 11.6 Å². The highest BCUT2D eigenvalue weighted by Gasteiger charge is 2.47. The van der Waals surface area contributed by atoms with E-state index in [0.29, 0.717) is 31.0 Å². The Balaban J connectivity index is 1.65. The molecule has 3 rings (SSSR count). The first-order valence-electron chi connectivity index (χ1n) is 7.98.